The summed E-state index contributed by atoms with van der Waals surface area (Å²) in [4.78, 5) is 16.2. The Morgan fingerprint density at radius 3 is 2.48 bits per heavy atom. The first-order valence-corrected chi connectivity index (χ1v) is 9.48. The number of carbonyl (C=O) groups is 1. The topological polar surface area (TPSA) is 88.2 Å². The first kappa shape index (κ1) is 17.3. The molecule has 0 radical (unpaired) electrons. The number of amides is 1. The van der Waals surface area contributed by atoms with Gasteiger partial charge in [-0.25, -0.2) is 12.8 Å². The van der Waals surface area contributed by atoms with Crippen molar-refractivity contribution < 1.29 is 17.6 Å². The lowest BCUT2D eigenvalue weighted by molar-refractivity contribution is 0.0933. The number of hydrogen-bond donors (Lipinski definition) is 2. The summed E-state index contributed by atoms with van der Waals surface area (Å²) in [5.41, 5.74) is 0.363. The van der Waals surface area contributed by atoms with Crippen LogP contribution >= 0.6 is 0 Å². The van der Waals surface area contributed by atoms with Crippen LogP contribution in [0.3, 0.4) is 0 Å². The molecule has 1 aromatic carbocycles. The van der Waals surface area contributed by atoms with Crippen LogP contribution in [0.1, 0.15) is 36.2 Å². The lowest BCUT2D eigenvalue weighted by atomic mass is 10.2. The first-order valence-electron chi connectivity index (χ1n) is 7.99. The molecule has 25 heavy (non-hydrogen) atoms. The predicted molar refractivity (Wildman–Crippen MR) is 91.2 cm³/mol. The summed E-state index contributed by atoms with van der Waals surface area (Å²) in [6, 6.07) is 7.47. The maximum Gasteiger partial charge on any atom is 0.270 e. The van der Waals surface area contributed by atoms with E-state index in [-0.39, 0.29) is 28.2 Å². The second-order valence-electron chi connectivity index (χ2n) is 5.94. The van der Waals surface area contributed by atoms with Crippen molar-refractivity contribution in [2.45, 2.75) is 36.6 Å². The zero-order chi connectivity index (χ0) is 17.9. The number of anilines is 1. The van der Waals surface area contributed by atoms with E-state index in [1.165, 1.54) is 30.5 Å². The van der Waals surface area contributed by atoms with Crippen LogP contribution < -0.4 is 10.0 Å². The number of pyridine rings is 1. The molecule has 0 atom stereocenters. The third-order valence-corrected chi connectivity index (χ3v) is 5.46. The van der Waals surface area contributed by atoms with Gasteiger partial charge < -0.3 is 5.32 Å². The predicted octanol–water partition coefficient (Wildman–Crippen LogP) is 2.69. The zero-order valence-corrected chi connectivity index (χ0v) is 14.2. The fourth-order valence-corrected chi connectivity index (χ4v) is 3.83. The molecule has 3 rings (SSSR count). The van der Waals surface area contributed by atoms with Gasteiger partial charge in [-0.15, -0.1) is 0 Å². The van der Waals surface area contributed by atoms with Gasteiger partial charge in [0.2, 0.25) is 0 Å². The van der Waals surface area contributed by atoms with Crippen LogP contribution in [-0.4, -0.2) is 25.4 Å². The summed E-state index contributed by atoms with van der Waals surface area (Å²) in [5, 5.41) is 2.90. The van der Waals surface area contributed by atoms with Crippen molar-refractivity contribution >= 4 is 21.6 Å². The van der Waals surface area contributed by atoms with E-state index in [1.54, 1.807) is 0 Å². The molecule has 1 saturated carbocycles. The summed E-state index contributed by atoms with van der Waals surface area (Å²) in [6.45, 7) is 0. The van der Waals surface area contributed by atoms with Crippen LogP contribution in [0.15, 0.2) is 47.5 Å². The Hall–Kier alpha value is -2.48. The molecule has 1 aliphatic rings. The summed E-state index contributed by atoms with van der Waals surface area (Å²) in [5.74, 6) is -0.844. The summed E-state index contributed by atoms with van der Waals surface area (Å²) >= 11 is 0. The van der Waals surface area contributed by atoms with Gasteiger partial charge in [-0.2, -0.15) is 0 Å². The second-order valence-corrected chi connectivity index (χ2v) is 7.63. The molecule has 1 aliphatic carbocycles. The quantitative estimate of drug-likeness (QED) is 0.855. The molecule has 8 heteroatoms. The maximum atomic E-state index is 12.9. The number of benzene rings is 1. The number of carbonyl (C=O) groups excluding carboxylic acids is 1. The van der Waals surface area contributed by atoms with Crippen molar-refractivity contribution in [3.8, 4) is 0 Å². The van der Waals surface area contributed by atoms with Crippen LogP contribution in [0.4, 0.5) is 10.1 Å². The van der Waals surface area contributed by atoms with Gasteiger partial charge >= 0.3 is 0 Å². The molecule has 0 unspecified atom stereocenters. The Morgan fingerprint density at radius 2 is 1.80 bits per heavy atom. The van der Waals surface area contributed by atoms with Crippen molar-refractivity contribution in [2.24, 2.45) is 0 Å². The van der Waals surface area contributed by atoms with Crippen molar-refractivity contribution in [3.63, 3.8) is 0 Å². The van der Waals surface area contributed by atoms with Crippen molar-refractivity contribution in [2.75, 3.05) is 4.72 Å². The van der Waals surface area contributed by atoms with E-state index in [4.69, 9.17) is 0 Å². The molecule has 1 heterocycles. The molecule has 132 valence electrons. The van der Waals surface area contributed by atoms with E-state index in [0.29, 0.717) is 0 Å². The highest BCUT2D eigenvalue weighted by Crippen LogP contribution is 2.19. The average molecular weight is 363 g/mol. The van der Waals surface area contributed by atoms with Gasteiger partial charge in [0, 0.05) is 12.2 Å². The Balaban J connectivity index is 1.74. The van der Waals surface area contributed by atoms with Crippen LogP contribution in [0, 0.1) is 5.82 Å². The van der Waals surface area contributed by atoms with E-state index < -0.39 is 15.8 Å². The lowest BCUT2D eigenvalue weighted by Crippen LogP contribution is -2.33. The third-order valence-electron chi connectivity index (χ3n) is 4.06. The molecule has 1 amide bonds. The van der Waals surface area contributed by atoms with Gasteiger partial charge in [0.15, 0.2) is 0 Å². The highest BCUT2D eigenvalue weighted by atomic mass is 32.2. The molecule has 2 aromatic rings. The lowest BCUT2D eigenvalue weighted by Gasteiger charge is -2.12. The Morgan fingerprint density at radius 1 is 1.12 bits per heavy atom. The largest absolute Gasteiger partial charge is 0.348 e. The van der Waals surface area contributed by atoms with E-state index in [1.807, 2.05) is 0 Å². The number of halogens is 1. The molecule has 1 aromatic heterocycles. The summed E-state index contributed by atoms with van der Waals surface area (Å²) < 4.78 is 40.0. The molecule has 2 N–H and O–H groups in total. The normalized spacial score (nSPS) is 15.1. The van der Waals surface area contributed by atoms with Crippen LogP contribution in [0.25, 0.3) is 0 Å². The number of rotatable bonds is 5. The Kier molecular flexibility index (Phi) is 4.98. The van der Waals surface area contributed by atoms with E-state index in [9.17, 15) is 17.6 Å². The standard InChI is InChI=1S/C17H18FN3O3S/c18-12-5-7-15(8-6-12)25(23,24)21-14-9-10-19-16(11-14)17(22)20-13-3-1-2-4-13/h5-11,13H,1-4H2,(H,19,21)(H,20,22). The van der Waals surface area contributed by atoms with Crippen LogP contribution in [0.2, 0.25) is 0 Å². The Labute approximate surface area is 145 Å². The van der Waals surface area contributed by atoms with Gasteiger partial charge in [0.05, 0.1) is 10.6 Å². The fraction of sp³-hybridized carbons (Fsp3) is 0.294. The monoisotopic (exact) mass is 363 g/mol. The number of aromatic nitrogens is 1. The number of nitrogens with one attached hydrogen (secondary N) is 2. The number of nitrogens with zero attached hydrogens (tertiary/aromatic N) is 1. The maximum absolute atomic E-state index is 12.9. The van der Waals surface area contributed by atoms with Crippen molar-refractivity contribution in [1.82, 2.24) is 10.3 Å². The van der Waals surface area contributed by atoms with E-state index >= 15 is 0 Å². The summed E-state index contributed by atoms with van der Waals surface area (Å²) in [6.07, 6.45) is 5.45. The fourth-order valence-electron chi connectivity index (χ4n) is 2.78. The average Bonchev–Trinajstić information content (AvgIpc) is 3.08. The van der Waals surface area contributed by atoms with Gasteiger partial charge in [-0.05, 0) is 49.2 Å². The van der Waals surface area contributed by atoms with Crippen molar-refractivity contribution in [1.29, 1.82) is 0 Å². The first-order chi connectivity index (χ1) is 11.9. The minimum Gasteiger partial charge on any atom is -0.348 e. The molecular formula is C17H18FN3O3S. The molecule has 6 nitrogen and oxygen atoms in total. The van der Waals surface area contributed by atoms with Crippen LogP contribution in [0.5, 0.6) is 0 Å². The van der Waals surface area contributed by atoms with Gasteiger partial charge in [0.1, 0.15) is 11.5 Å². The van der Waals surface area contributed by atoms with E-state index in [0.717, 1.165) is 37.8 Å². The highest BCUT2D eigenvalue weighted by Gasteiger charge is 2.20. The zero-order valence-electron chi connectivity index (χ0n) is 13.4. The minimum atomic E-state index is -3.87. The second kappa shape index (κ2) is 7.18. The molecule has 0 bridgehead atoms. The third kappa shape index (κ3) is 4.33. The molecule has 0 aliphatic heterocycles. The van der Waals surface area contributed by atoms with E-state index in [2.05, 4.69) is 15.0 Å². The van der Waals surface area contributed by atoms with Gasteiger partial charge in [-0.1, -0.05) is 12.8 Å². The molecule has 0 saturated heterocycles. The summed E-state index contributed by atoms with van der Waals surface area (Å²) in [7, 11) is -3.87. The molecule has 0 spiro atoms. The van der Waals surface area contributed by atoms with Gasteiger partial charge in [0.25, 0.3) is 15.9 Å². The van der Waals surface area contributed by atoms with Crippen LogP contribution in [-0.2, 0) is 10.0 Å². The number of sulfonamides is 1. The smallest absolute Gasteiger partial charge is 0.270 e. The molecule has 1 fully saturated rings. The molecular weight excluding hydrogens is 345 g/mol. The SMILES string of the molecule is O=C(NC1CCCC1)c1cc(NS(=O)(=O)c2ccc(F)cc2)ccn1. The number of hydrogen-bond acceptors (Lipinski definition) is 4. The van der Waals surface area contributed by atoms with Crippen molar-refractivity contribution in [3.05, 3.63) is 54.1 Å². The minimum absolute atomic E-state index is 0.0670. The highest BCUT2D eigenvalue weighted by molar-refractivity contribution is 7.92. The van der Waals surface area contributed by atoms with Gasteiger partial charge in [-0.3, -0.25) is 14.5 Å². The Bertz CT molecular complexity index is 863.